The van der Waals surface area contributed by atoms with Crippen LogP contribution in [0.15, 0.2) is 54.6 Å². The van der Waals surface area contributed by atoms with Gasteiger partial charge in [-0.15, -0.1) is 20.4 Å². The summed E-state index contributed by atoms with van der Waals surface area (Å²) in [7, 11) is 0. The van der Waals surface area contributed by atoms with Gasteiger partial charge >= 0.3 is 0 Å². The topological polar surface area (TPSA) is 200 Å². The number of hydrogen-bond acceptors (Lipinski definition) is 13. The summed E-state index contributed by atoms with van der Waals surface area (Å²) < 4.78 is 6.21. The van der Waals surface area contributed by atoms with Gasteiger partial charge in [-0.25, -0.2) is 0 Å². The number of carbonyl (C=O) groups is 2. The number of amides is 2. The molecule has 2 amide bonds. The molecular weight excluding hydrogens is 664 g/mol. The molecule has 2 aliphatic rings. The fourth-order valence-corrected chi connectivity index (χ4v) is 7.34. The van der Waals surface area contributed by atoms with E-state index in [4.69, 9.17) is 16.2 Å². The van der Waals surface area contributed by atoms with Crippen LogP contribution in [0.2, 0.25) is 0 Å². The van der Waals surface area contributed by atoms with Crippen LogP contribution in [0.5, 0.6) is 17.2 Å². The second-order valence-corrected chi connectivity index (χ2v) is 14.1. The summed E-state index contributed by atoms with van der Waals surface area (Å²) in [4.78, 5) is 33.9. The number of piperazine rings is 2. The van der Waals surface area contributed by atoms with Gasteiger partial charge in [0.05, 0.1) is 22.8 Å². The van der Waals surface area contributed by atoms with E-state index in [1.165, 1.54) is 6.07 Å². The summed E-state index contributed by atoms with van der Waals surface area (Å²) in [5.74, 6) is 0.647. The molecular formula is C37H46N10O5. The molecule has 0 radical (unpaired) electrons. The van der Waals surface area contributed by atoms with Crippen LogP contribution in [0.4, 0.5) is 23.0 Å². The molecule has 2 aliphatic heterocycles. The molecule has 4 aromatic rings. The van der Waals surface area contributed by atoms with Crippen molar-refractivity contribution < 1.29 is 24.5 Å². The van der Waals surface area contributed by atoms with E-state index in [0.717, 1.165) is 0 Å². The molecule has 15 nitrogen and oxygen atoms in total. The number of aromatic nitrogens is 4. The highest BCUT2D eigenvalue weighted by Crippen LogP contribution is 2.37. The van der Waals surface area contributed by atoms with Crippen molar-refractivity contribution in [3.63, 3.8) is 0 Å². The van der Waals surface area contributed by atoms with Gasteiger partial charge in [0.2, 0.25) is 5.91 Å². The summed E-state index contributed by atoms with van der Waals surface area (Å²) in [5, 5.41) is 38.2. The highest BCUT2D eigenvalue weighted by Gasteiger charge is 2.39. The molecule has 2 aromatic carbocycles. The molecule has 2 fully saturated rings. The average molecular weight is 711 g/mol. The molecule has 3 atom stereocenters. The van der Waals surface area contributed by atoms with Crippen LogP contribution in [0, 0.1) is 0 Å². The minimum absolute atomic E-state index is 0.0260. The number of phenolic OH excluding ortho intramolecular Hbond substituents is 2. The predicted molar refractivity (Wildman–Crippen MR) is 199 cm³/mol. The summed E-state index contributed by atoms with van der Waals surface area (Å²) in [6.45, 7) is 13.5. The zero-order valence-corrected chi connectivity index (χ0v) is 30.3. The predicted octanol–water partition coefficient (Wildman–Crippen LogP) is 3.52. The summed E-state index contributed by atoms with van der Waals surface area (Å²) in [6, 6.07) is 15.1. The van der Waals surface area contributed by atoms with E-state index in [0.29, 0.717) is 72.4 Å². The van der Waals surface area contributed by atoms with Crippen molar-refractivity contribution in [3.8, 4) is 39.8 Å². The second kappa shape index (κ2) is 14.0. The van der Waals surface area contributed by atoms with Gasteiger partial charge in [0.1, 0.15) is 17.2 Å². The molecule has 4 heterocycles. The number of nitrogens with zero attached hydrogens (tertiary/aromatic N) is 8. The Morgan fingerprint density at radius 1 is 0.750 bits per heavy atom. The largest absolute Gasteiger partial charge is 0.507 e. The molecule has 0 unspecified atom stereocenters. The van der Waals surface area contributed by atoms with E-state index in [-0.39, 0.29) is 53.1 Å². The number of rotatable bonds is 7. The number of benzene rings is 2. The van der Waals surface area contributed by atoms with E-state index in [9.17, 15) is 19.8 Å². The number of aromatic hydroxyl groups is 2. The van der Waals surface area contributed by atoms with Crippen molar-refractivity contribution >= 4 is 34.8 Å². The van der Waals surface area contributed by atoms with Crippen molar-refractivity contribution in [2.75, 3.05) is 54.0 Å². The van der Waals surface area contributed by atoms with Crippen molar-refractivity contribution in [2.24, 2.45) is 0 Å². The Morgan fingerprint density at radius 3 is 1.87 bits per heavy atom. The Hall–Kier alpha value is -5.86. The maximum Gasteiger partial charge on any atom is 0.266 e. The van der Waals surface area contributed by atoms with E-state index in [2.05, 4.69) is 30.2 Å². The zero-order valence-electron chi connectivity index (χ0n) is 30.3. The lowest BCUT2D eigenvalue weighted by Crippen LogP contribution is -2.59. The zero-order chi connectivity index (χ0) is 37.5. The molecule has 0 saturated carbocycles. The summed E-state index contributed by atoms with van der Waals surface area (Å²) in [6.07, 6.45) is 0. The van der Waals surface area contributed by atoms with Gasteiger partial charge in [-0.2, -0.15) is 0 Å². The average Bonchev–Trinajstić information content (AvgIpc) is 3.08. The highest BCUT2D eigenvalue weighted by atomic mass is 16.5. The lowest BCUT2D eigenvalue weighted by atomic mass is 10.0. The van der Waals surface area contributed by atoms with Crippen molar-refractivity contribution in [1.82, 2.24) is 30.2 Å². The van der Waals surface area contributed by atoms with Gasteiger partial charge in [-0.3, -0.25) is 9.59 Å². The fourth-order valence-electron chi connectivity index (χ4n) is 7.34. The number of nitrogen functional groups attached to an aromatic ring is 2. The monoisotopic (exact) mass is 710 g/mol. The molecule has 6 N–H and O–H groups in total. The normalized spacial score (nSPS) is 19.5. The third-order valence-corrected chi connectivity index (χ3v) is 9.77. The number of para-hydroxylation sites is 1. The van der Waals surface area contributed by atoms with E-state index < -0.39 is 5.60 Å². The van der Waals surface area contributed by atoms with Gasteiger partial charge in [0.15, 0.2) is 17.2 Å². The first-order chi connectivity index (χ1) is 24.6. The molecule has 6 rings (SSSR count). The van der Waals surface area contributed by atoms with Gasteiger partial charge < -0.3 is 46.0 Å². The smallest absolute Gasteiger partial charge is 0.266 e. The Labute approximate surface area is 302 Å². The molecule has 0 bridgehead atoms. The molecule has 2 aromatic heterocycles. The quantitative estimate of drug-likeness (QED) is 0.217. The van der Waals surface area contributed by atoms with Gasteiger partial charge in [0, 0.05) is 75.0 Å². The first-order valence-electron chi connectivity index (χ1n) is 17.3. The third-order valence-electron chi connectivity index (χ3n) is 9.77. The number of phenols is 2. The van der Waals surface area contributed by atoms with E-state index in [1.54, 1.807) is 68.1 Å². The highest BCUT2D eigenvalue weighted by molar-refractivity contribution is 5.86. The van der Waals surface area contributed by atoms with Gasteiger partial charge in [-0.1, -0.05) is 12.1 Å². The Balaban J connectivity index is 1.13. The van der Waals surface area contributed by atoms with Gasteiger partial charge in [0.25, 0.3) is 5.91 Å². The van der Waals surface area contributed by atoms with E-state index >= 15 is 0 Å². The second-order valence-electron chi connectivity index (χ2n) is 14.1. The summed E-state index contributed by atoms with van der Waals surface area (Å²) in [5.41, 5.74) is 14.5. The van der Waals surface area contributed by atoms with Crippen molar-refractivity contribution in [1.29, 1.82) is 0 Å². The lowest BCUT2D eigenvalue weighted by molar-refractivity contribution is -0.148. The first kappa shape index (κ1) is 35.9. The molecule has 52 heavy (non-hydrogen) atoms. The molecule has 0 aliphatic carbocycles. The standard InChI is InChI=1S/C37H46N10O5/c1-21-18-44(30-16-28(40-42-34(30)38)26-9-7-8-10-32(26)49)13-14-46(21)36(51)37(5,6)52-25-11-12-27(33(50)15-25)29-17-31(35(39)43-41-29)45-19-22(2)47(24(4)48)23(3)20-45/h7-12,15-17,21-23,49-50H,13-14,18-20H2,1-6H3,(H2,38,42)(H2,39,43)/t21-,22-,23-/m0/s1. The van der Waals surface area contributed by atoms with Crippen LogP contribution < -0.4 is 26.0 Å². The minimum atomic E-state index is -1.26. The fraction of sp³-hybridized carbons (Fsp3) is 0.405. The van der Waals surface area contributed by atoms with Crippen LogP contribution in [0.3, 0.4) is 0 Å². The Bertz CT molecular complexity index is 1980. The van der Waals surface area contributed by atoms with Crippen molar-refractivity contribution in [2.45, 2.75) is 65.3 Å². The maximum absolute atomic E-state index is 13.9. The maximum atomic E-state index is 13.9. The molecule has 15 heteroatoms. The SMILES string of the molecule is CC(=O)N1[C@@H](C)CN(c2cc(-c3ccc(OC(C)(C)C(=O)N4CCN(c5cc(-c6ccccc6O)nnc5N)C[C@@H]4C)cc3O)nnc2N)C[C@@H]1C. The summed E-state index contributed by atoms with van der Waals surface area (Å²) >= 11 is 0. The van der Waals surface area contributed by atoms with Gasteiger partial charge in [-0.05, 0) is 71.0 Å². The third kappa shape index (κ3) is 7.02. The van der Waals surface area contributed by atoms with Crippen LogP contribution in [0.25, 0.3) is 22.5 Å². The number of ether oxygens (including phenoxy) is 1. The number of hydrogen-bond donors (Lipinski definition) is 4. The molecule has 274 valence electrons. The van der Waals surface area contributed by atoms with Crippen LogP contribution >= 0.6 is 0 Å². The Kier molecular flexibility index (Phi) is 9.71. The van der Waals surface area contributed by atoms with Crippen LogP contribution in [-0.4, -0.2) is 109 Å². The minimum Gasteiger partial charge on any atom is -0.507 e. The molecule has 2 saturated heterocycles. The lowest BCUT2D eigenvalue weighted by Gasteiger charge is -2.45. The van der Waals surface area contributed by atoms with Crippen LogP contribution in [-0.2, 0) is 9.59 Å². The number of nitrogens with two attached hydrogens (primary N) is 2. The van der Waals surface area contributed by atoms with Crippen LogP contribution in [0.1, 0.15) is 41.5 Å². The van der Waals surface area contributed by atoms with Crippen molar-refractivity contribution in [3.05, 3.63) is 54.6 Å². The number of carbonyl (C=O) groups excluding carboxylic acids is 2. The molecule has 0 spiro atoms. The first-order valence-corrected chi connectivity index (χ1v) is 17.3. The Morgan fingerprint density at radius 2 is 1.31 bits per heavy atom. The van der Waals surface area contributed by atoms with E-state index in [1.807, 2.05) is 31.7 Å². The number of anilines is 4.